The molecule has 0 spiro atoms. The smallest absolute Gasteiger partial charge is 0.222 e. The van der Waals surface area contributed by atoms with Gasteiger partial charge >= 0.3 is 0 Å². The molecule has 2 aliphatic heterocycles. The van der Waals surface area contributed by atoms with Crippen molar-refractivity contribution >= 4 is 5.91 Å². The summed E-state index contributed by atoms with van der Waals surface area (Å²) >= 11 is 0. The van der Waals surface area contributed by atoms with E-state index in [1.807, 2.05) is 6.92 Å². The SMILES string of the molecule is CCC(=O)N1CCC(CCN2CCN(CC)CC2)CC1. The molecule has 0 saturated carbocycles. The lowest BCUT2D eigenvalue weighted by molar-refractivity contribution is -0.132. The predicted octanol–water partition coefficient (Wildman–Crippen LogP) is 1.66. The van der Waals surface area contributed by atoms with Crippen LogP contribution in [0.2, 0.25) is 0 Å². The van der Waals surface area contributed by atoms with E-state index in [1.165, 1.54) is 58.5 Å². The number of carbonyl (C=O) groups is 1. The fourth-order valence-corrected chi connectivity index (χ4v) is 3.39. The lowest BCUT2D eigenvalue weighted by Gasteiger charge is -2.36. The molecule has 0 unspecified atom stereocenters. The Balaban J connectivity index is 1.61. The Hall–Kier alpha value is -0.610. The molecule has 4 nitrogen and oxygen atoms in total. The first-order valence-corrected chi connectivity index (χ1v) is 8.45. The van der Waals surface area contributed by atoms with E-state index in [9.17, 15) is 4.79 Å². The highest BCUT2D eigenvalue weighted by Crippen LogP contribution is 2.21. The second-order valence-electron chi connectivity index (χ2n) is 6.24. The Bertz CT molecular complexity index is 292. The number of likely N-dealkylation sites (N-methyl/N-ethyl adjacent to an activating group) is 1. The minimum absolute atomic E-state index is 0.333. The average molecular weight is 281 g/mol. The molecule has 4 heteroatoms. The highest BCUT2D eigenvalue weighted by molar-refractivity contribution is 5.75. The van der Waals surface area contributed by atoms with Crippen LogP contribution < -0.4 is 0 Å². The van der Waals surface area contributed by atoms with Gasteiger partial charge in [0.1, 0.15) is 0 Å². The molecule has 116 valence electrons. The van der Waals surface area contributed by atoms with E-state index in [0.717, 1.165) is 19.0 Å². The van der Waals surface area contributed by atoms with Crippen LogP contribution in [0.25, 0.3) is 0 Å². The Labute approximate surface area is 124 Å². The Morgan fingerprint density at radius 1 is 0.950 bits per heavy atom. The molecule has 2 saturated heterocycles. The summed E-state index contributed by atoms with van der Waals surface area (Å²) in [5.41, 5.74) is 0. The second kappa shape index (κ2) is 7.99. The van der Waals surface area contributed by atoms with Gasteiger partial charge in [-0.2, -0.15) is 0 Å². The molecule has 0 aromatic carbocycles. The summed E-state index contributed by atoms with van der Waals surface area (Å²) in [7, 11) is 0. The van der Waals surface area contributed by atoms with E-state index in [-0.39, 0.29) is 0 Å². The molecule has 0 aromatic heterocycles. The van der Waals surface area contributed by atoms with Crippen molar-refractivity contribution < 1.29 is 4.79 Å². The molecule has 2 aliphatic rings. The maximum atomic E-state index is 11.7. The van der Waals surface area contributed by atoms with E-state index < -0.39 is 0 Å². The van der Waals surface area contributed by atoms with Gasteiger partial charge in [0.05, 0.1) is 0 Å². The first-order chi connectivity index (χ1) is 9.72. The quantitative estimate of drug-likeness (QED) is 0.767. The molecule has 0 N–H and O–H groups in total. The van der Waals surface area contributed by atoms with E-state index >= 15 is 0 Å². The highest BCUT2D eigenvalue weighted by Gasteiger charge is 2.23. The van der Waals surface area contributed by atoms with E-state index in [1.54, 1.807) is 0 Å². The number of piperidine rings is 1. The molecular weight excluding hydrogens is 250 g/mol. The van der Waals surface area contributed by atoms with Crippen LogP contribution in [0.5, 0.6) is 0 Å². The van der Waals surface area contributed by atoms with Gasteiger partial charge in [0.2, 0.25) is 5.91 Å². The molecular formula is C16H31N3O. The van der Waals surface area contributed by atoms with Crippen molar-refractivity contribution in [1.29, 1.82) is 0 Å². The molecule has 1 amide bonds. The van der Waals surface area contributed by atoms with Crippen LogP contribution in [0.4, 0.5) is 0 Å². The molecule has 0 bridgehead atoms. The average Bonchev–Trinajstić information content (AvgIpc) is 2.53. The number of nitrogens with zero attached hydrogens (tertiary/aromatic N) is 3. The number of hydrogen-bond acceptors (Lipinski definition) is 3. The predicted molar refractivity (Wildman–Crippen MR) is 82.8 cm³/mol. The third-order valence-electron chi connectivity index (χ3n) is 5.04. The molecule has 20 heavy (non-hydrogen) atoms. The second-order valence-corrected chi connectivity index (χ2v) is 6.24. The molecule has 0 atom stereocenters. The standard InChI is InChI=1S/C16H31N3O/c1-3-16(20)19-9-6-15(7-10-19)5-8-18-13-11-17(4-2)12-14-18/h15H,3-14H2,1-2H3. The third kappa shape index (κ3) is 4.45. The largest absolute Gasteiger partial charge is 0.343 e. The zero-order chi connectivity index (χ0) is 14.4. The van der Waals surface area contributed by atoms with Gasteiger partial charge in [-0.05, 0) is 38.3 Å². The van der Waals surface area contributed by atoms with Crippen molar-refractivity contribution in [2.24, 2.45) is 5.92 Å². The van der Waals surface area contributed by atoms with Gasteiger partial charge in [-0.1, -0.05) is 13.8 Å². The molecule has 2 rings (SSSR count). The van der Waals surface area contributed by atoms with Crippen LogP contribution in [-0.4, -0.2) is 73.0 Å². The summed E-state index contributed by atoms with van der Waals surface area (Å²) in [6, 6.07) is 0. The molecule has 2 fully saturated rings. The number of piperazine rings is 1. The van der Waals surface area contributed by atoms with Gasteiger partial charge in [-0.25, -0.2) is 0 Å². The van der Waals surface area contributed by atoms with Crippen molar-refractivity contribution in [3.8, 4) is 0 Å². The topological polar surface area (TPSA) is 26.8 Å². The molecule has 0 aliphatic carbocycles. The number of rotatable bonds is 5. The number of carbonyl (C=O) groups excluding carboxylic acids is 1. The van der Waals surface area contributed by atoms with Crippen molar-refractivity contribution in [2.45, 2.75) is 39.5 Å². The Morgan fingerprint density at radius 2 is 1.55 bits per heavy atom. The summed E-state index contributed by atoms with van der Waals surface area (Å²) in [5, 5.41) is 0. The van der Waals surface area contributed by atoms with Crippen LogP contribution >= 0.6 is 0 Å². The van der Waals surface area contributed by atoms with E-state index in [2.05, 4.69) is 21.6 Å². The minimum atomic E-state index is 0.333. The van der Waals surface area contributed by atoms with Crippen LogP contribution in [0, 0.1) is 5.92 Å². The van der Waals surface area contributed by atoms with Crippen molar-refractivity contribution in [1.82, 2.24) is 14.7 Å². The molecule has 0 aromatic rings. The summed E-state index contributed by atoms with van der Waals surface area (Å²) in [5.74, 6) is 1.17. The lowest BCUT2D eigenvalue weighted by atomic mass is 9.93. The van der Waals surface area contributed by atoms with Gasteiger partial charge in [0.25, 0.3) is 0 Å². The van der Waals surface area contributed by atoms with Crippen molar-refractivity contribution in [3.63, 3.8) is 0 Å². The van der Waals surface area contributed by atoms with Crippen molar-refractivity contribution in [2.75, 3.05) is 52.4 Å². The summed E-state index contributed by atoms with van der Waals surface area (Å²) < 4.78 is 0. The monoisotopic (exact) mass is 281 g/mol. The number of likely N-dealkylation sites (tertiary alicyclic amines) is 1. The highest BCUT2D eigenvalue weighted by atomic mass is 16.2. The van der Waals surface area contributed by atoms with Crippen LogP contribution in [0.3, 0.4) is 0 Å². The Kier molecular flexibility index (Phi) is 6.30. The summed E-state index contributed by atoms with van der Waals surface area (Å²) in [6.07, 6.45) is 4.40. The number of hydrogen-bond donors (Lipinski definition) is 0. The first kappa shape index (κ1) is 15.8. The van der Waals surface area contributed by atoms with E-state index in [0.29, 0.717) is 12.3 Å². The number of amides is 1. The fourth-order valence-electron chi connectivity index (χ4n) is 3.39. The molecule has 0 radical (unpaired) electrons. The molecule has 2 heterocycles. The van der Waals surface area contributed by atoms with Crippen LogP contribution in [0.1, 0.15) is 39.5 Å². The maximum Gasteiger partial charge on any atom is 0.222 e. The van der Waals surface area contributed by atoms with Gasteiger partial charge in [0.15, 0.2) is 0 Å². The zero-order valence-electron chi connectivity index (χ0n) is 13.3. The van der Waals surface area contributed by atoms with E-state index in [4.69, 9.17) is 0 Å². The van der Waals surface area contributed by atoms with Gasteiger partial charge < -0.3 is 14.7 Å². The van der Waals surface area contributed by atoms with Gasteiger partial charge in [-0.15, -0.1) is 0 Å². The lowest BCUT2D eigenvalue weighted by Crippen LogP contribution is -2.46. The summed E-state index contributed by atoms with van der Waals surface area (Å²) in [6.45, 7) is 13.6. The van der Waals surface area contributed by atoms with Crippen molar-refractivity contribution in [3.05, 3.63) is 0 Å². The van der Waals surface area contributed by atoms with Crippen LogP contribution in [0.15, 0.2) is 0 Å². The Morgan fingerprint density at radius 3 is 2.10 bits per heavy atom. The first-order valence-electron chi connectivity index (χ1n) is 8.45. The normalized spacial score (nSPS) is 23.2. The summed E-state index contributed by atoms with van der Waals surface area (Å²) in [4.78, 5) is 18.9. The maximum absolute atomic E-state index is 11.7. The fraction of sp³-hybridized carbons (Fsp3) is 0.938. The zero-order valence-corrected chi connectivity index (χ0v) is 13.3. The third-order valence-corrected chi connectivity index (χ3v) is 5.04. The minimum Gasteiger partial charge on any atom is -0.343 e. The van der Waals surface area contributed by atoms with Crippen LogP contribution in [-0.2, 0) is 4.79 Å². The van der Waals surface area contributed by atoms with Gasteiger partial charge in [0, 0.05) is 45.7 Å². The van der Waals surface area contributed by atoms with Gasteiger partial charge in [-0.3, -0.25) is 4.79 Å².